The number of nitrogens with zero attached hydrogens (tertiary/aromatic N) is 2. The van der Waals surface area contributed by atoms with Crippen molar-refractivity contribution in [2.75, 3.05) is 26.2 Å². The van der Waals surface area contributed by atoms with Crippen LogP contribution in [0.5, 0.6) is 0 Å². The average molecular weight is 341 g/mol. The lowest BCUT2D eigenvalue weighted by Gasteiger charge is -2.41. The van der Waals surface area contributed by atoms with E-state index >= 15 is 0 Å². The number of amides is 1. The molecule has 0 atom stereocenters. The molecule has 1 N–H and O–H groups in total. The van der Waals surface area contributed by atoms with E-state index in [-0.39, 0.29) is 5.91 Å². The van der Waals surface area contributed by atoms with E-state index in [9.17, 15) is 9.90 Å². The number of carbonyl (C=O) groups excluding carboxylic acids is 1. The molecule has 142 valence electrons. The molecule has 0 aromatic heterocycles. The van der Waals surface area contributed by atoms with Crippen molar-refractivity contribution in [2.45, 2.75) is 85.3 Å². The second-order valence-electron chi connectivity index (χ2n) is 7.99. The number of aliphatic hydroxyl groups is 1. The van der Waals surface area contributed by atoms with Gasteiger partial charge >= 0.3 is 0 Å². The van der Waals surface area contributed by atoms with Crippen LogP contribution in [-0.2, 0) is 4.79 Å². The van der Waals surface area contributed by atoms with E-state index in [2.05, 4.69) is 32.6 Å². The van der Waals surface area contributed by atoms with E-state index in [1.165, 1.54) is 0 Å². The van der Waals surface area contributed by atoms with Crippen molar-refractivity contribution < 1.29 is 9.90 Å². The molecule has 2 saturated heterocycles. The first kappa shape index (κ1) is 21.4. The SMILES string of the molecule is CC.CC(C)C1CCN(C(=O)CC2(O)CCN(C(C)C)CC2)CC1. The molecule has 0 aliphatic carbocycles. The van der Waals surface area contributed by atoms with Crippen LogP contribution in [0.3, 0.4) is 0 Å². The molecule has 0 aromatic carbocycles. The van der Waals surface area contributed by atoms with Crippen molar-refractivity contribution in [1.82, 2.24) is 9.80 Å². The molecule has 2 aliphatic heterocycles. The highest BCUT2D eigenvalue weighted by atomic mass is 16.3. The largest absolute Gasteiger partial charge is 0.389 e. The van der Waals surface area contributed by atoms with E-state index in [1.807, 2.05) is 18.7 Å². The standard InChI is InChI=1S/C18H34N2O2.C2H6/c1-14(2)16-5-9-20(10-6-16)17(21)13-18(22)7-11-19(12-8-18)15(3)4;1-2/h14-16,22H,5-13H2,1-4H3;1-2H3. The minimum absolute atomic E-state index is 0.155. The fourth-order valence-corrected chi connectivity index (χ4v) is 3.84. The summed E-state index contributed by atoms with van der Waals surface area (Å²) in [4.78, 5) is 16.9. The van der Waals surface area contributed by atoms with Crippen molar-refractivity contribution in [1.29, 1.82) is 0 Å². The van der Waals surface area contributed by atoms with Gasteiger partial charge in [0.1, 0.15) is 0 Å². The van der Waals surface area contributed by atoms with Crippen LogP contribution in [-0.4, -0.2) is 58.6 Å². The van der Waals surface area contributed by atoms with E-state index in [1.54, 1.807) is 0 Å². The van der Waals surface area contributed by atoms with Gasteiger partial charge in [0.05, 0.1) is 12.0 Å². The number of piperidine rings is 2. The topological polar surface area (TPSA) is 43.8 Å². The van der Waals surface area contributed by atoms with Gasteiger partial charge in [-0.25, -0.2) is 0 Å². The maximum Gasteiger partial charge on any atom is 0.225 e. The summed E-state index contributed by atoms with van der Waals surface area (Å²) in [5.41, 5.74) is -0.780. The van der Waals surface area contributed by atoms with Crippen LogP contribution in [0, 0.1) is 11.8 Å². The van der Waals surface area contributed by atoms with E-state index in [0.717, 1.165) is 57.8 Å². The smallest absolute Gasteiger partial charge is 0.225 e. The zero-order chi connectivity index (χ0) is 18.3. The third-order valence-corrected chi connectivity index (χ3v) is 5.77. The molecule has 2 aliphatic rings. The van der Waals surface area contributed by atoms with Gasteiger partial charge in [-0.1, -0.05) is 27.7 Å². The van der Waals surface area contributed by atoms with E-state index in [4.69, 9.17) is 0 Å². The maximum absolute atomic E-state index is 12.5. The number of carbonyl (C=O) groups is 1. The van der Waals surface area contributed by atoms with Crippen LogP contribution < -0.4 is 0 Å². The molecule has 0 aromatic rings. The van der Waals surface area contributed by atoms with Gasteiger partial charge in [-0.2, -0.15) is 0 Å². The third-order valence-electron chi connectivity index (χ3n) is 5.77. The van der Waals surface area contributed by atoms with Gasteiger partial charge in [-0.05, 0) is 51.4 Å². The summed E-state index contributed by atoms with van der Waals surface area (Å²) in [5.74, 6) is 1.62. The van der Waals surface area contributed by atoms with Gasteiger partial charge in [0.2, 0.25) is 5.91 Å². The molecule has 24 heavy (non-hydrogen) atoms. The van der Waals surface area contributed by atoms with Gasteiger partial charge in [-0.3, -0.25) is 4.79 Å². The number of hydrogen-bond donors (Lipinski definition) is 1. The lowest BCUT2D eigenvalue weighted by Crippen LogP contribution is -2.50. The van der Waals surface area contributed by atoms with Gasteiger partial charge in [0.15, 0.2) is 0 Å². The fraction of sp³-hybridized carbons (Fsp3) is 0.950. The maximum atomic E-state index is 12.5. The molecule has 2 rings (SSSR count). The second kappa shape index (κ2) is 9.76. The normalized spacial score (nSPS) is 22.5. The molecule has 2 fully saturated rings. The molecule has 2 heterocycles. The van der Waals surface area contributed by atoms with Gasteiger partial charge in [0, 0.05) is 32.2 Å². The zero-order valence-electron chi connectivity index (χ0n) is 16.8. The fourth-order valence-electron chi connectivity index (χ4n) is 3.84. The minimum atomic E-state index is -0.780. The zero-order valence-corrected chi connectivity index (χ0v) is 16.8. The summed E-state index contributed by atoms with van der Waals surface area (Å²) in [6, 6.07) is 0.523. The lowest BCUT2D eigenvalue weighted by molar-refractivity contribution is -0.140. The summed E-state index contributed by atoms with van der Waals surface area (Å²) in [7, 11) is 0. The summed E-state index contributed by atoms with van der Waals surface area (Å²) < 4.78 is 0. The summed E-state index contributed by atoms with van der Waals surface area (Å²) in [6.07, 6.45) is 3.98. The molecule has 0 saturated carbocycles. The Morgan fingerprint density at radius 1 is 1.04 bits per heavy atom. The van der Waals surface area contributed by atoms with E-state index < -0.39 is 5.60 Å². The van der Waals surface area contributed by atoms with Crippen molar-refractivity contribution >= 4 is 5.91 Å². The highest BCUT2D eigenvalue weighted by molar-refractivity contribution is 5.77. The van der Waals surface area contributed by atoms with E-state index in [0.29, 0.717) is 18.4 Å². The Morgan fingerprint density at radius 2 is 1.54 bits per heavy atom. The van der Waals surface area contributed by atoms with Crippen LogP contribution in [0.25, 0.3) is 0 Å². The first-order valence-corrected chi connectivity index (χ1v) is 10.0. The van der Waals surface area contributed by atoms with Crippen molar-refractivity contribution in [3.8, 4) is 0 Å². The van der Waals surface area contributed by atoms with Crippen molar-refractivity contribution in [3.05, 3.63) is 0 Å². The highest BCUT2D eigenvalue weighted by Gasteiger charge is 2.36. The van der Waals surface area contributed by atoms with Crippen molar-refractivity contribution in [3.63, 3.8) is 0 Å². The highest BCUT2D eigenvalue weighted by Crippen LogP contribution is 2.29. The minimum Gasteiger partial charge on any atom is -0.389 e. The summed E-state index contributed by atoms with van der Waals surface area (Å²) in [6.45, 7) is 16.5. The molecule has 1 amide bonds. The monoisotopic (exact) mass is 340 g/mol. The Morgan fingerprint density at radius 3 is 1.96 bits per heavy atom. The first-order valence-electron chi connectivity index (χ1n) is 10.0. The van der Waals surface area contributed by atoms with Gasteiger partial charge in [0.25, 0.3) is 0 Å². The van der Waals surface area contributed by atoms with Crippen LogP contribution in [0.15, 0.2) is 0 Å². The Hall–Kier alpha value is -0.610. The van der Waals surface area contributed by atoms with Crippen LogP contribution in [0.4, 0.5) is 0 Å². The predicted molar refractivity (Wildman–Crippen MR) is 101 cm³/mol. The molecular weight excluding hydrogens is 300 g/mol. The third kappa shape index (κ3) is 6.03. The number of likely N-dealkylation sites (tertiary alicyclic amines) is 2. The molecule has 0 spiro atoms. The number of hydrogen-bond acceptors (Lipinski definition) is 3. The molecule has 0 bridgehead atoms. The number of rotatable bonds is 4. The van der Waals surface area contributed by atoms with Crippen LogP contribution >= 0.6 is 0 Å². The molecule has 0 radical (unpaired) electrons. The summed E-state index contributed by atoms with van der Waals surface area (Å²) in [5, 5.41) is 10.7. The predicted octanol–water partition coefficient (Wildman–Crippen LogP) is 3.53. The molecule has 4 nitrogen and oxygen atoms in total. The molecular formula is C20H40N2O2. The Bertz CT molecular complexity index is 366. The Kier molecular flexibility index (Phi) is 8.72. The first-order chi connectivity index (χ1) is 11.3. The second-order valence-corrected chi connectivity index (χ2v) is 7.99. The lowest BCUT2D eigenvalue weighted by atomic mass is 9.85. The Labute approximate surface area is 149 Å². The average Bonchev–Trinajstić information content (AvgIpc) is 2.56. The molecule has 4 heteroatoms. The summed E-state index contributed by atoms with van der Waals surface area (Å²) >= 11 is 0. The Balaban J connectivity index is 0.00000139. The van der Waals surface area contributed by atoms with Crippen LogP contribution in [0.2, 0.25) is 0 Å². The van der Waals surface area contributed by atoms with Gasteiger partial charge < -0.3 is 14.9 Å². The van der Waals surface area contributed by atoms with Gasteiger partial charge in [-0.15, -0.1) is 0 Å². The van der Waals surface area contributed by atoms with Crippen molar-refractivity contribution in [2.24, 2.45) is 11.8 Å². The van der Waals surface area contributed by atoms with Crippen LogP contribution in [0.1, 0.15) is 73.6 Å². The molecule has 0 unspecified atom stereocenters. The quantitative estimate of drug-likeness (QED) is 0.851.